The quantitative estimate of drug-likeness (QED) is 0.588. The van der Waals surface area contributed by atoms with Crippen molar-refractivity contribution in [1.29, 1.82) is 0 Å². The first-order chi connectivity index (χ1) is 11.5. The number of aromatic nitrogens is 1. The second kappa shape index (κ2) is 8.10. The van der Waals surface area contributed by atoms with Crippen molar-refractivity contribution in [2.24, 2.45) is 0 Å². The first-order valence-electron chi connectivity index (χ1n) is 7.59. The zero-order valence-electron chi connectivity index (χ0n) is 13.6. The van der Waals surface area contributed by atoms with Gasteiger partial charge in [0.25, 0.3) is 0 Å². The largest absolute Gasteiger partial charge is 0.492 e. The van der Waals surface area contributed by atoms with Crippen LogP contribution in [-0.4, -0.2) is 28.4 Å². The molecule has 1 aromatic heterocycles. The van der Waals surface area contributed by atoms with Gasteiger partial charge >= 0.3 is 5.97 Å². The Labute approximate surface area is 139 Å². The molecule has 0 amide bonds. The van der Waals surface area contributed by atoms with E-state index in [0.717, 1.165) is 0 Å². The van der Waals surface area contributed by atoms with E-state index in [1.807, 2.05) is 13.8 Å². The van der Waals surface area contributed by atoms with Crippen LogP contribution >= 0.6 is 0 Å². The molecule has 0 bridgehead atoms. The normalized spacial score (nSPS) is 11.1. The summed E-state index contributed by atoms with van der Waals surface area (Å²) in [5.74, 6) is -0.0509. The number of benzene rings is 1. The van der Waals surface area contributed by atoms with E-state index in [0.29, 0.717) is 17.2 Å². The Hall–Kier alpha value is -2.89. The fraction of sp³-hybridized carbons (Fsp3) is 0.278. The summed E-state index contributed by atoms with van der Waals surface area (Å²) in [5, 5.41) is 8.65. The van der Waals surface area contributed by atoms with Crippen LogP contribution in [0.25, 0.3) is 6.08 Å². The molecule has 0 unspecified atom stereocenters. The number of carbonyl (C=O) groups is 2. The van der Waals surface area contributed by atoms with E-state index in [4.69, 9.17) is 14.3 Å². The van der Waals surface area contributed by atoms with Crippen molar-refractivity contribution in [2.45, 2.75) is 26.2 Å². The van der Waals surface area contributed by atoms with Crippen molar-refractivity contribution in [2.75, 3.05) is 6.61 Å². The third-order valence-electron chi connectivity index (χ3n) is 3.18. The average Bonchev–Trinajstić information content (AvgIpc) is 3.03. The number of ether oxygens (including phenoxy) is 1. The molecule has 6 nitrogen and oxygen atoms in total. The lowest BCUT2D eigenvalue weighted by atomic mass is 10.1. The molecule has 24 heavy (non-hydrogen) atoms. The molecule has 6 heteroatoms. The summed E-state index contributed by atoms with van der Waals surface area (Å²) in [6.07, 6.45) is 4.26. The van der Waals surface area contributed by atoms with Gasteiger partial charge in [0, 0.05) is 11.5 Å². The van der Waals surface area contributed by atoms with Crippen LogP contribution in [0.15, 0.2) is 41.0 Å². The zero-order valence-corrected chi connectivity index (χ0v) is 13.6. The van der Waals surface area contributed by atoms with Gasteiger partial charge in [-0.2, -0.15) is 0 Å². The van der Waals surface area contributed by atoms with E-state index >= 15 is 0 Å². The molecule has 0 fully saturated rings. The van der Waals surface area contributed by atoms with Crippen molar-refractivity contribution in [3.05, 3.63) is 53.8 Å². The molecule has 1 N–H and O–H groups in total. The molecule has 1 heterocycles. The lowest BCUT2D eigenvalue weighted by Crippen LogP contribution is -2.05. The van der Waals surface area contributed by atoms with Crippen LogP contribution in [0.1, 0.15) is 48.1 Å². The zero-order chi connectivity index (χ0) is 17.5. The third-order valence-corrected chi connectivity index (χ3v) is 3.18. The second-order valence-electron chi connectivity index (χ2n) is 5.45. The molecule has 0 saturated carbocycles. The fourth-order valence-electron chi connectivity index (χ4n) is 1.91. The number of para-hydroxylation sites is 1. The first kappa shape index (κ1) is 17.5. The Balaban J connectivity index is 2.07. The Bertz CT molecular complexity index is 745. The molecule has 0 aliphatic rings. The number of rotatable bonds is 8. The minimum atomic E-state index is -0.926. The van der Waals surface area contributed by atoms with E-state index in [1.165, 1.54) is 12.3 Å². The van der Waals surface area contributed by atoms with Crippen LogP contribution in [-0.2, 0) is 4.79 Å². The Morgan fingerprint density at radius 2 is 2.08 bits per heavy atom. The van der Waals surface area contributed by atoms with Gasteiger partial charge in [-0.05, 0) is 18.2 Å². The van der Waals surface area contributed by atoms with Crippen LogP contribution in [0.3, 0.4) is 0 Å². The summed E-state index contributed by atoms with van der Waals surface area (Å²) in [6, 6.07) is 7.09. The van der Waals surface area contributed by atoms with E-state index in [9.17, 15) is 9.59 Å². The molecule has 126 valence electrons. The number of aliphatic carboxylic acids is 1. The van der Waals surface area contributed by atoms with Gasteiger partial charge in [-0.15, -0.1) is 0 Å². The predicted octanol–water partition coefficient (Wildman–Crippen LogP) is 3.55. The maximum Gasteiger partial charge on any atom is 0.306 e. The lowest BCUT2D eigenvalue weighted by Gasteiger charge is -2.07. The molecule has 2 rings (SSSR count). The minimum absolute atomic E-state index is 0.0647. The third kappa shape index (κ3) is 4.81. The highest BCUT2D eigenvalue weighted by molar-refractivity contribution is 6.05. The second-order valence-corrected chi connectivity index (χ2v) is 5.45. The van der Waals surface area contributed by atoms with Crippen LogP contribution in [0, 0.1) is 0 Å². The van der Waals surface area contributed by atoms with Gasteiger partial charge in [0.2, 0.25) is 5.78 Å². The van der Waals surface area contributed by atoms with Crippen LogP contribution in [0.5, 0.6) is 5.75 Å². The van der Waals surface area contributed by atoms with Gasteiger partial charge in [-0.1, -0.05) is 32.0 Å². The number of carboxylic acids is 1. The van der Waals surface area contributed by atoms with Gasteiger partial charge in [0.15, 0.2) is 5.89 Å². The maximum absolute atomic E-state index is 12.1. The highest BCUT2D eigenvalue weighted by Crippen LogP contribution is 2.20. The number of hydrogen-bond acceptors (Lipinski definition) is 5. The van der Waals surface area contributed by atoms with Crippen molar-refractivity contribution in [3.63, 3.8) is 0 Å². The highest BCUT2D eigenvalue weighted by Gasteiger charge is 2.12. The molecule has 0 atom stereocenters. The van der Waals surface area contributed by atoms with Crippen molar-refractivity contribution >= 4 is 17.8 Å². The molecule has 0 radical (unpaired) electrons. The monoisotopic (exact) mass is 329 g/mol. The maximum atomic E-state index is 12.1. The molecule has 0 aliphatic heterocycles. The number of carbonyl (C=O) groups excluding carboxylic acids is 1. The van der Waals surface area contributed by atoms with Crippen LogP contribution in [0.2, 0.25) is 0 Å². The van der Waals surface area contributed by atoms with Crippen LogP contribution in [0.4, 0.5) is 0 Å². The molecule has 0 aliphatic carbocycles. The number of ketones is 1. The van der Waals surface area contributed by atoms with Gasteiger partial charge < -0.3 is 14.3 Å². The van der Waals surface area contributed by atoms with Crippen molar-refractivity contribution < 1.29 is 23.8 Å². The predicted molar refractivity (Wildman–Crippen MR) is 88.1 cm³/mol. The first-order valence-corrected chi connectivity index (χ1v) is 7.59. The van der Waals surface area contributed by atoms with E-state index < -0.39 is 5.97 Å². The molecular formula is C18H19NO5. The number of carboxylic acid groups (broad SMARTS) is 1. The summed E-state index contributed by atoms with van der Waals surface area (Å²) >= 11 is 0. The topological polar surface area (TPSA) is 89.6 Å². The van der Waals surface area contributed by atoms with E-state index in [1.54, 1.807) is 30.3 Å². The summed E-state index contributed by atoms with van der Waals surface area (Å²) in [7, 11) is 0. The standard InChI is InChI=1S/C18H19NO5/c1-12(2)18-19-14(11-24-18)15(20)8-7-13-5-3-4-6-16(13)23-10-9-17(21)22/h3-8,11-12H,9-10H2,1-2H3,(H,21,22)/b8-7+. The smallest absolute Gasteiger partial charge is 0.306 e. The average molecular weight is 329 g/mol. The Kier molecular flexibility index (Phi) is 5.89. The molecule has 0 spiro atoms. The van der Waals surface area contributed by atoms with Gasteiger partial charge in [0.1, 0.15) is 17.7 Å². The van der Waals surface area contributed by atoms with Crippen molar-refractivity contribution in [1.82, 2.24) is 4.98 Å². The molecule has 0 saturated heterocycles. The Morgan fingerprint density at radius 1 is 1.33 bits per heavy atom. The van der Waals surface area contributed by atoms with Gasteiger partial charge in [-0.3, -0.25) is 9.59 Å². The Morgan fingerprint density at radius 3 is 2.75 bits per heavy atom. The van der Waals surface area contributed by atoms with E-state index in [2.05, 4.69) is 4.98 Å². The van der Waals surface area contributed by atoms with Gasteiger partial charge in [0.05, 0.1) is 13.0 Å². The highest BCUT2D eigenvalue weighted by atomic mass is 16.5. The molecule has 2 aromatic rings. The summed E-state index contributed by atoms with van der Waals surface area (Å²) in [6.45, 7) is 3.93. The molecular weight excluding hydrogens is 310 g/mol. The summed E-state index contributed by atoms with van der Waals surface area (Å²) < 4.78 is 10.7. The summed E-state index contributed by atoms with van der Waals surface area (Å²) in [5.41, 5.74) is 0.933. The minimum Gasteiger partial charge on any atom is -0.492 e. The number of hydrogen-bond donors (Lipinski definition) is 1. The number of oxazole rings is 1. The SMILES string of the molecule is CC(C)c1nc(C(=O)/C=C/c2ccccc2OCCC(=O)O)co1. The van der Waals surface area contributed by atoms with Crippen LogP contribution < -0.4 is 4.74 Å². The van der Waals surface area contributed by atoms with E-state index in [-0.39, 0.29) is 30.4 Å². The van der Waals surface area contributed by atoms with Gasteiger partial charge in [-0.25, -0.2) is 4.98 Å². The lowest BCUT2D eigenvalue weighted by molar-refractivity contribution is -0.137. The molecule has 1 aromatic carbocycles. The summed E-state index contributed by atoms with van der Waals surface area (Å²) in [4.78, 5) is 26.8. The van der Waals surface area contributed by atoms with Crippen molar-refractivity contribution in [3.8, 4) is 5.75 Å². The number of nitrogens with zero attached hydrogens (tertiary/aromatic N) is 1. The fourth-order valence-corrected chi connectivity index (χ4v) is 1.91. The number of allylic oxidation sites excluding steroid dienone is 1.